The quantitative estimate of drug-likeness (QED) is 0.368. The zero-order valence-corrected chi connectivity index (χ0v) is 21.9. The average molecular weight is 548 g/mol. The normalized spacial score (nSPS) is 12.4. The summed E-state index contributed by atoms with van der Waals surface area (Å²) in [6.45, 7) is 1.15. The van der Waals surface area contributed by atoms with Crippen molar-refractivity contribution in [2.24, 2.45) is 0 Å². The number of thiophene rings is 1. The van der Waals surface area contributed by atoms with Gasteiger partial charge in [0.05, 0.1) is 22.7 Å². The highest BCUT2D eigenvalue weighted by Gasteiger charge is 2.28. The third-order valence-electron chi connectivity index (χ3n) is 5.75. The van der Waals surface area contributed by atoms with Crippen molar-refractivity contribution in [2.45, 2.75) is 32.6 Å². The molecule has 0 unspecified atom stereocenters. The van der Waals surface area contributed by atoms with Crippen LogP contribution in [-0.2, 0) is 22.4 Å². The smallest absolute Gasteiger partial charge is 0.341 e. The number of aryl methyl sites for hydroxylation is 1. The molecular weight excluding hydrogens is 525 g/mol. The first kappa shape index (κ1) is 25.9. The van der Waals surface area contributed by atoms with Crippen molar-refractivity contribution >= 4 is 63.1 Å². The van der Waals surface area contributed by atoms with Crippen LogP contribution < -0.4 is 15.4 Å². The van der Waals surface area contributed by atoms with E-state index in [0.717, 1.165) is 29.7 Å². The van der Waals surface area contributed by atoms with Crippen LogP contribution in [0.1, 0.15) is 49.6 Å². The number of halogens is 2. The molecule has 4 rings (SSSR count). The number of rotatable bonds is 7. The zero-order valence-electron chi connectivity index (χ0n) is 19.6. The second kappa shape index (κ2) is 11.3. The number of fused-ring (bicyclic) bond motifs is 1. The fourth-order valence-corrected chi connectivity index (χ4v) is 5.47. The van der Waals surface area contributed by atoms with E-state index < -0.39 is 18.5 Å². The number of hydrogen-bond donors (Lipinski definition) is 2. The maximum absolute atomic E-state index is 13.1. The number of aromatic nitrogens is 1. The second-order valence-electron chi connectivity index (χ2n) is 8.12. The fraction of sp³-hybridized carbons (Fsp3) is 0.280. The molecule has 1 aromatic carbocycles. The highest BCUT2D eigenvalue weighted by Crippen LogP contribution is 2.39. The number of methoxy groups -OCH3 is 1. The number of amides is 2. The van der Waals surface area contributed by atoms with Crippen LogP contribution >= 0.6 is 34.5 Å². The first-order chi connectivity index (χ1) is 17.3. The molecule has 0 fully saturated rings. The Balaban J connectivity index is 1.48. The molecule has 0 atom stereocenters. The molecule has 3 aromatic rings. The van der Waals surface area contributed by atoms with E-state index >= 15 is 0 Å². The number of nitrogens with one attached hydrogen (secondary N) is 2. The van der Waals surface area contributed by atoms with Gasteiger partial charge in [0.25, 0.3) is 11.8 Å². The summed E-state index contributed by atoms with van der Waals surface area (Å²) in [6.07, 6.45) is 4.82. The molecule has 11 heteroatoms. The van der Waals surface area contributed by atoms with Crippen molar-refractivity contribution in [3.8, 4) is 5.75 Å². The molecule has 1 aliphatic rings. The number of hydrogen-bond acceptors (Lipinski definition) is 7. The summed E-state index contributed by atoms with van der Waals surface area (Å²) in [5.74, 6) is -0.888. The van der Waals surface area contributed by atoms with Crippen LogP contribution in [0, 0.1) is 6.92 Å². The molecule has 2 heterocycles. The highest BCUT2D eigenvalue weighted by molar-refractivity contribution is 7.17. The maximum atomic E-state index is 13.1. The van der Waals surface area contributed by atoms with E-state index in [1.807, 2.05) is 0 Å². The monoisotopic (exact) mass is 547 g/mol. The highest BCUT2D eigenvalue weighted by atomic mass is 35.5. The van der Waals surface area contributed by atoms with Gasteiger partial charge in [-0.05, 0) is 68.0 Å². The Morgan fingerprint density at radius 1 is 1.08 bits per heavy atom. The minimum Gasteiger partial charge on any atom is -0.497 e. The molecule has 0 saturated heterocycles. The van der Waals surface area contributed by atoms with Crippen molar-refractivity contribution in [3.63, 3.8) is 0 Å². The first-order valence-corrected chi connectivity index (χ1v) is 12.7. The van der Waals surface area contributed by atoms with Crippen LogP contribution in [0.15, 0.2) is 30.5 Å². The number of carbonyl (C=O) groups excluding carboxylic acids is 3. The minimum absolute atomic E-state index is 0.125. The molecule has 0 aliphatic heterocycles. The van der Waals surface area contributed by atoms with Crippen LogP contribution in [0.25, 0.3) is 0 Å². The number of benzene rings is 1. The third-order valence-corrected chi connectivity index (χ3v) is 7.80. The van der Waals surface area contributed by atoms with Gasteiger partial charge in [0, 0.05) is 16.6 Å². The van der Waals surface area contributed by atoms with Crippen LogP contribution in [-0.4, -0.2) is 36.5 Å². The van der Waals surface area contributed by atoms with E-state index in [0.29, 0.717) is 38.9 Å². The average Bonchev–Trinajstić information content (AvgIpc) is 3.25. The Bertz CT molecular complexity index is 1320. The van der Waals surface area contributed by atoms with Crippen LogP contribution in [0.2, 0.25) is 10.0 Å². The summed E-state index contributed by atoms with van der Waals surface area (Å²) in [7, 11) is 1.55. The van der Waals surface area contributed by atoms with Gasteiger partial charge in [0.15, 0.2) is 12.4 Å². The number of ether oxygens (including phenoxy) is 2. The summed E-state index contributed by atoms with van der Waals surface area (Å²) >= 11 is 13.5. The van der Waals surface area contributed by atoms with Gasteiger partial charge in [0.2, 0.25) is 0 Å². The molecule has 1 aliphatic carbocycles. The Morgan fingerprint density at radius 2 is 1.81 bits per heavy atom. The lowest BCUT2D eigenvalue weighted by atomic mass is 9.95. The number of esters is 1. The van der Waals surface area contributed by atoms with Gasteiger partial charge in [0.1, 0.15) is 10.8 Å². The number of nitrogens with zero attached hydrogens (tertiary/aromatic N) is 1. The summed E-state index contributed by atoms with van der Waals surface area (Å²) < 4.78 is 10.5. The predicted octanol–water partition coefficient (Wildman–Crippen LogP) is 5.69. The summed E-state index contributed by atoms with van der Waals surface area (Å²) in [5.41, 5.74) is 2.15. The van der Waals surface area contributed by atoms with Crippen LogP contribution in [0.5, 0.6) is 5.75 Å². The molecule has 2 amide bonds. The van der Waals surface area contributed by atoms with E-state index in [2.05, 4.69) is 15.6 Å². The van der Waals surface area contributed by atoms with Gasteiger partial charge in [-0.3, -0.25) is 9.59 Å². The predicted molar refractivity (Wildman–Crippen MR) is 140 cm³/mol. The standard InChI is InChI=1S/C25H23Cl2N3O5S/c1-13-17(26)11-28-22(21(13)27)29-19(31)12-35-25(33)20-16-5-3-4-6-18(16)36-24(20)30-23(32)14-7-9-15(34-2)10-8-14/h7-11H,3-6,12H2,1-2H3,(H,30,32)(H,28,29,31). The molecule has 0 saturated carbocycles. The van der Waals surface area contributed by atoms with E-state index in [1.54, 1.807) is 38.3 Å². The molecular formula is C25H23Cl2N3O5S. The number of anilines is 2. The lowest BCUT2D eigenvalue weighted by molar-refractivity contribution is -0.119. The molecule has 0 spiro atoms. The summed E-state index contributed by atoms with van der Waals surface area (Å²) in [6, 6.07) is 6.65. The Hall–Kier alpha value is -3.14. The van der Waals surface area contributed by atoms with Gasteiger partial charge < -0.3 is 20.1 Å². The number of carbonyl (C=O) groups is 3. The Labute approximate surface area is 221 Å². The molecule has 188 valence electrons. The lowest BCUT2D eigenvalue weighted by Gasteiger charge is -2.13. The lowest BCUT2D eigenvalue weighted by Crippen LogP contribution is -2.23. The van der Waals surface area contributed by atoms with E-state index in [1.165, 1.54) is 17.5 Å². The van der Waals surface area contributed by atoms with Crippen molar-refractivity contribution in [2.75, 3.05) is 24.4 Å². The van der Waals surface area contributed by atoms with Gasteiger partial charge in [-0.2, -0.15) is 0 Å². The number of pyridine rings is 1. The molecule has 0 bridgehead atoms. The Morgan fingerprint density at radius 3 is 2.53 bits per heavy atom. The molecule has 36 heavy (non-hydrogen) atoms. The van der Waals surface area contributed by atoms with Gasteiger partial charge in [-0.25, -0.2) is 9.78 Å². The largest absolute Gasteiger partial charge is 0.497 e. The topological polar surface area (TPSA) is 107 Å². The molecule has 0 radical (unpaired) electrons. The van der Waals surface area contributed by atoms with Gasteiger partial charge in [-0.1, -0.05) is 23.2 Å². The molecule has 2 aromatic heterocycles. The van der Waals surface area contributed by atoms with Gasteiger partial charge >= 0.3 is 5.97 Å². The first-order valence-electron chi connectivity index (χ1n) is 11.2. The van der Waals surface area contributed by atoms with Crippen molar-refractivity contribution in [1.82, 2.24) is 4.98 Å². The van der Waals surface area contributed by atoms with Crippen LogP contribution in [0.4, 0.5) is 10.8 Å². The maximum Gasteiger partial charge on any atom is 0.341 e. The van der Waals surface area contributed by atoms with E-state index in [9.17, 15) is 14.4 Å². The Kier molecular flexibility index (Phi) is 8.13. The molecule has 2 N–H and O–H groups in total. The third kappa shape index (κ3) is 5.64. The van der Waals surface area contributed by atoms with Crippen molar-refractivity contribution in [3.05, 3.63) is 67.6 Å². The van der Waals surface area contributed by atoms with E-state index in [4.69, 9.17) is 32.7 Å². The van der Waals surface area contributed by atoms with Crippen LogP contribution in [0.3, 0.4) is 0 Å². The zero-order chi connectivity index (χ0) is 25.8. The van der Waals surface area contributed by atoms with E-state index in [-0.39, 0.29) is 16.7 Å². The molecule has 8 nitrogen and oxygen atoms in total. The van der Waals surface area contributed by atoms with Crippen molar-refractivity contribution < 1.29 is 23.9 Å². The summed E-state index contributed by atoms with van der Waals surface area (Å²) in [4.78, 5) is 43.4. The van der Waals surface area contributed by atoms with Crippen molar-refractivity contribution in [1.29, 1.82) is 0 Å². The fourth-order valence-electron chi connectivity index (χ4n) is 3.80. The SMILES string of the molecule is COc1ccc(C(=O)Nc2sc3c(c2C(=O)OCC(=O)Nc2ncc(Cl)c(C)c2Cl)CCCC3)cc1. The van der Waals surface area contributed by atoms with Gasteiger partial charge in [-0.15, -0.1) is 11.3 Å². The minimum atomic E-state index is -0.680. The second-order valence-corrected chi connectivity index (χ2v) is 10.0. The summed E-state index contributed by atoms with van der Waals surface area (Å²) in [5, 5.41) is 6.36.